The lowest BCUT2D eigenvalue weighted by atomic mass is 9.92. The summed E-state index contributed by atoms with van der Waals surface area (Å²) in [6, 6.07) is 32.5. The van der Waals surface area contributed by atoms with Crippen LogP contribution >= 0.6 is 0 Å². The molecule has 1 atom stereocenters. The number of ether oxygens (including phenoxy) is 2. The molecule has 1 amide bonds. The summed E-state index contributed by atoms with van der Waals surface area (Å²) in [6.45, 7) is 0. The molecule has 4 aromatic carbocycles. The normalized spacial score (nSPS) is 15.0. The summed E-state index contributed by atoms with van der Waals surface area (Å²) in [4.78, 5) is 29.8. The van der Waals surface area contributed by atoms with E-state index in [2.05, 4.69) is 5.32 Å². The molecular formula is C31H26N2O4. The number of anilines is 2. The number of Topliss-reactive ketones (excluding diaryl/α,β-unsaturated/α-hetero) is 1. The fourth-order valence-corrected chi connectivity index (χ4v) is 4.50. The monoisotopic (exact) mass is 490 g/mol. The summed E-state index contributed by atoms with van der Waals surface area (Å²) in [7, 11) is 3.19. The van der Waals surface area contributed by atoms with E-state index in [9.17, 15) is 9.59 Å². The molecule has 1 N–H and O–H groups in total. The molecule has 4 aromatic rings. The highest BCUT2D eigenvalue weighted by Gasteiger charge is 2.44. The van der Waals surface area contributed by atoms with Crippen LogP contribution in [-0.2, 0) is 4.79 Å². The van der Waals surface area contributed by atoms with Crippen molar-refractivity contribution in [1.82, 2.24) is 0 Å². The lowest BCUT2D eigenvalue weighted by Gasteiger charge is -2.27. The van der Waals surface area contributed by atoms with Crippen molar-refractivity contribution in [2.75, 3.05) is 24.4 Å². The first-order valence-corrected chi connectivity index (χ1v) is 11.9. The van der Waals surface area contributed by atoms with Gasteiger partial charge in [0.15, 0.2) is 5.78 Å². The maximum absolute atomic E-state index is 14.1. The molecule has 0 aromatic heterocycles. The highest BCUT2D eigenvalue weighted by Crippen LogP contribution is 2.43. The third kappa shape index (κ3) is 4.69. The first-order chi connectivity index (χ1) is 18.1. The number of methoxy groups -OCH3 is 2. The number of ketones is 1. The maximum Gasteiger partial charge on any atom is 0.276 e. The Labute approximate surface area is 215 Å². The molecule has 37 heavy (non-hydrogen) atoms. The van der Waals surface area contributed by atoms with Crippen molar-refractivity contribution in [2.45, 2.75) is 6.04 Å². The average molecular weight is 491 g/mol. The van der Waals surface area contributed by atoms with Crippen molar-refractivity contribution < 1.29 is 19.1 Å². The summed E-state index contributed by atoms with van der Waals surface area (Å²) in [5.41, 5.74) is 3.29. The van der Waals surface area contributed by atoms with E-state index >= 15 is 0 Å². The van der Waals surface area contributed by atoms with Gasteiger partial charge in [-0.05, 0) is 54.1 Å². The van der Waals surface area contributed by atoms with Gasteiger partial charge < -0.3 is 14.8 Å². The summed E-state index contributed by atoms with van der Waals surface area (Å²) >= 11 is 0. The number of nitrogens with zero attached hydrogens (tertiary/aromatic N) is 1. The molecule has 1 aliphatic rings. The molecule has 6 heteroatoms. The van der Waals surface area contributed by atoms with Crippen LogP contribution < -0.4 is 19.7 Å². The van der Waals surface area contributed by atoms with Gasteiger partial charge in [-0.1, -0.05) is 60.7 Å². The molecule has 5 rings (SSSR count). The molecule has 0 spiro atoms. The Morgan fingerprint density at radius 3 is 1.84 bits per heavy atom. The molecule has 1 heterocycles. The van der Waals surface area contributed by atoms with Gasteiger partial charge in [-0.2, -0.15) is 0 Å². The zero-order valence-electron chi connectivity index (χ0n) is 20.5. The van der Waals surface area contributed by atoms with Gasteiger partial charge in [-0.25, -0.2) is 0 Å². The van der Waals surface area contributed by atoms with E-state index in [0.717, 1.165) is 5.56 Å². The van der Waals surface area contributed by atoms with Crippen LogP contribution in [0.3, 0.4) is 0 Å². The number of nitrogens with one attached hydrogen (secondary N) is 1. The van der Waals surface area contributed by atoms with Gasteiger partial charge in [0.2, 0.25) is 0 Å². The predicted molar refractivity (Wildman–Crippen MR) is 144 cm³/mol. The van der Waals surface area contributed by atoms with Crippen molar-refractivity contribution in [3.63, 3.8) is 0 Å². The molecule has 0 bridgehead atoms. The molecule has 184 valence electrons. The van der Waals surface area contributed by atoms with E-state index in [4.69, 9.17) is 9.47 Å². The number of carbonyl (C=O) groups is 2. The zero-order valence-corrected chi connectivity index (χ0v) is 20.5. The van der Waals surface area contributed by atoms with Gasteiger partial charge in [0, 0.05) is 16.9 Å². The third-order valence-electron chi connectivity index (χ3n) is 6.34. The Kier molecular flexibility index (Phi) is 6.72. The topological polar surface area (TPSA) is 67.9 Å². The summed E-state index contributed by atoms with van der Waals surface area (Å²) in [5.74, 6) is 0.862. The summed E-state index contributed by atoms with van der Waals surface area (Å²) in [6.07, 6.45) is 0. The molecule has 0 saturated heterocycles. The van der Waals surface area contributed by atoms with E-state index in [-0.39, 0.29) is 17.4 Å². The van der Waals surface area contributed by atoms with Gasteiger partial charge in [-0.3, -0.25) is 14.5 Å². The van der Waals surface area contributed by atoms with Gasteiger partial charge in [0.05, 0.1) is 25.8 Å². The summed E-state index contributed by atoms with van der Waals surface area (Å²) < 4.78 is 10.6. The average Bonchev–Trinajstić information content (AvgIpc) is 3.25. The van der Waals surface area contributed by atoms with Crippen molar-refractivity contribution >= 4 is 23.1 Å². The molecule has 0 radical (unpaired) electrons. The first-order valence-electron chi connectivity index (χ1n) is 11.9. The lowest BCUT2D eigenvalue weighted by Crippen LogP contribution is -2.31. The van der Waals surface area contributed by atoms with E-state index in [1.165, 1.54) is 0 Å². The van der Waals surface area contributed by atoms with E-state index in [1.54, 1.807) is 55.5 Å². The molecule has 1 aliphatic heterocycles. The minimum Gasteiger partial charge on any atom is -0.497 e. The van der Waals surface area contributed by atoms with E-state index in [1.807, 2.05) is 72.8 Å². The van der Waals surface area contributed by atoms with Gasteiger partial charge in [-0.15, -0.1) is 0 Å². The second kappa shape index (κ2) is 10.4. The zero-order chi connectivity index (χ0) is 25.8. The fourth-order valence-electron chi connectivity index (χ4n) is 4.50. The van der Waals surface area contributed by atoms with Crippen LogP contribution in [0.5, 0.6) is 11.5 Å². The number of benzene rings is 4. The van der Waals surface area contributed by atoms with Crippen LogP contribution in [-0.4, -0.2) is 25.9 Å². The smallest absolute Gasteiger partial charge is 0.276 e. The van der Waals surface area contributed by atoms with Crippen LogP contribution in [0.2, 0.25) is 0 Å². The second-order valence-corrected chi connectivity index (χ2v) is 8.52. The van der Waals surface area contributed by atoms with Crippen molar-refractivity contribution in [2.24, 2.45) is 0 Å². The van der Waals surface area contributed by atoms with Crippen LogP contribution in [0.4, 0.5) is 11.4 Å². The van der Waals surface area contributed by atoms with Crippen molar-refractivity contribution in [3.8, 4) is 11.5 Å². The third-order valence-corrected chi connectivity index (χ3v) is 6.34. The lowest BCUT2D eigenvalue weighted by molar-refractivity contribution is -0.114. The van der Waals surface area contributed by atoms with Gasteiger partial charge in [0.25, 0.3) is 5.91 Å². The maximum atomic E-state index is 14.1. The van der Waals surface area contributed by atoms with Gasteiger partial charge >= 0.3 is 0 Å². The van der Waals surface area contributed by atoms with Crippen LogP contribution in [0.25, 0.3) is 0 Å². The highest BCUT2D eigenvalue weighted by molar-refractivity contribution is 6.23. The van der Waals surface area contributed by atoms with E-state index < -0.39 is 6.04 Å². The Bertz CT molecular complexity index is 1430. The Morgan fingerprint density at radius 2 is 1.27 bits per heavy atom. The minimum atomic E-state index is -0.629. The first kappa shape index (κ1) is 23.9. The number of hydrogen-bond donors (Lipinski definition) is 1. The predicted octanol–water partition coefficient (Wildman–Crippen LogP) is 6.04. The van der Waals surface area contributed by atoms with Crippen molar-refractivity contribution in [3.05, 3.63) is 132 Å². The second-order valence-electron chi connectivity index (χ2n) is 8.52. The van der Waals surface area contributed by atoms with Gasteiger partial charge in [0.1, 0.15) is 17.2 Å². The highest BCUT2D eigenvalue weighted by atomic mass is 16.5. The standard InChI is InChI=1S/C31H26N2O4/c1-36-25-17-13-23(14-18-25)32-28-27(30(34)22-11-7-4-8-12-22)29(21-9-5-3-6-10-21)33(31(28)35)24-15-19-26(37-2)20-16-24/h3-20,29,32H,1-2H3. The SMILES string of the molecule is COc1ccc(NC2=C(C(=O)c3ccccc3)C(c3ccccc3)N(c3ccc(OC)cc3)C2=O)cc1. The summed E-state index contributed by atoms with van der Waals surface area (Å²) in [5, 5.41) is 3.25. The number of carbonyl (C=O) groups excluding carboxylic acids is 2. The number of rotatable bonds is 8. The molecule has 0 saturated carbocycles. The molecule has 0 aliphatic carbocycles. The minimum absolute atomic E-state index is 0.213. The molecule has 6 nitrogen and oxygen atoms in total. The Hall–Kier alpha value is -4.84. The van der Waals surface area contributed by atoms with Crippen LogP contribution in [0.15, 0.2) is 120 Å². The van der Waals surface area contributed by atoms with Crippen LogP contribution in [0, 0.1) is 0 Å². The number of amides is 1. The molecule has 0 fully saturated rings. The Morgan fingerprint density at radius 1 is 0.730 bits per heavy atom. The molecular weight excluding hydrogens is 464 g/mol. The molecule has 1 unspecified atom stereocenters. The Balaban J connectivity index is 1.68. The number of hydrogen-bond acceptors (Lipinski definition) is 5. The van der Waals surface area contributed by atoms with E-state index in [0.29, 0.717) is 34.0 Å². The largest absolute Gasteiger partial charge is 0.497 e. The van der Waals surface area contributed by atoms with Crippen molar-refractivity contribution in [1.29, 1.82) is 0 Å². The van der Waals surface area contributed by atoms with Crippen LogP contribution in [0.1, 0.15) is 22.0 Å². The quantitative estimate of drug-likeness (QED) is 0.305. The fraction of sp³-hybridized carbons (Fsp3) is 0.0968.